The van der Waals surface area contributed by atoms with Crippen molar-refractivity contribution in [3.05, 3.63) is 30.4 Å². The van der Waals surface area contributed by atoms with Crippen molar-refractivity contribution in [2.75, 3.05) is 0 Å². The van der Waals surface area contributed by atoms with E-state index in [9.17, 15) is 4.79 Å². The van der Waals surface area contributed by atoms with Crippen molar-refractivity contribution in [1.82, 2.24) is 24.7 Å². The molecule has 0 aromatic carbocycles. The van der Waals surface area contributed by atoms with Gasteiger partial charge >= 0.3 is 0 Å². The van der Waals surface area contributed by atoms with Crippen molar-refractivity contribution in [3.63, 3.8) is 0 Å². The van der Waals surface area contributed by atoms with Gasteiger partial charge in [0.2, 0.25) is 5.78 Å². The van der Waals surface area contributed by atoms with Crippen molar-refractivity contribution in [2.45, 2.75) is 26.8 Å². The first kappa shape index (κ1) is 11.5. The van der Waals surface area contributed by atoms with Crippen molar-refractivity contribution >= 4 is 5.78 Å². The summed E-state index contributed by atoms with van der Waals surface area (Å²) >= 11 is 0. The fourth-order valence-corrected chi connectivity index (χ4v) is 1.57. The van der Waals surface area contributed by atoms with Crippen LogP contribution in [-0.4, -0.2) is 30.5 Å². The first-order chi connectivity index (χ1) is 8.16. The second-order valence-corrected chi connectivity index (χ2v) is 4.29. The normalized spacial score (nSPS) is 11.0. The summed E-state index contributed by atoms with van der Waals surface area (Å²) in [4.78, 5) is 22.7. The van der Waals surface area contributed by atoms with Crippen LogP contribution in [0.4, 0.5) is 0 Å². The number of hydrogen-bond acceptors (Lipinski definition) is 4. The largest absolute Gasteiger partial charge is 0.342 e. The Bertz CT molecular complexity index is 486. The summed E-state index contributed by atoms with van der Waals surface area (Å²) in [6, 6.07) is 0. The molecule has 0 amide bonds. The summed E-state index contributed by atoms with van der Waals surface area (Å²) in [6.07, 6.45) is 4.89. The van der Waals surface area contributed by atoms with Gasteiger partial charge in [0.15, 0.2) is 5.82 Å². The van der Waals surface area contributed by atoms with E-state index in [2.05, 4.69) is 33.9 Å². The Labute approximate surface area is 99.1 Å². The van der Waals surface area contributed by atoms with Crippen LogP contribution in [0.3, 0.4) is 0 Å². The number of rotatable bonds is 5. The third-order valence-corrected chi connectivity index (χ3v) is 2.31. The molecule has 17 heavy (non-hydrogen) atoms. The zero-order valence-electron chi connectivity index (χ0n) is 9.92. The van der Waals surface area contributed by atoms with E-state index < -0.39 is 0 Å². The van der Waals surface area contributed by atoms with Crippen LogP contribution in [0.15, 0.2) is 18.7 Å². The summed E-state index contributed by atoms with van der Waals surface area (Å²) in [5, 5.41) is 4.11. The van der Waals surface area contributed by atoms with Crippen LogP contribution in [0.2, 0.25) is 0 Å². The highest BCUT2D eigenvalue weighted by molar-refractivity contribution is 5.93. The number of imidazole rings is 1. The van der Waals surface area contributed by atoms with Crippen molar-refractivity contribution < 1.29 is 4.79 Å². The van der Waals surface area contributed by atoms with Gasteiger partial charge in [-0.05, 0) is 5.92 Å². The van der Waals surface area contributed by atoms with E-state index in [1.54, 1.807) is 17.1 Å². The Morgan fingerprint density at radius 2 is 2.29 bits per heavy atom. The van der Waals surface area contributed by atoms with Crippen molar-refractivity contribution in [2.24, 2.45) is 5.92 Å². The number of nitrogens with one attached hydrogen (secondary N) is 1. The SMILES string of the molecule is CC(C)Cn1ncnc1CC(=O)c1ncc[nH]1. The molecule has 6 heteroatoms. The number of nitrogens with zero attached hydrogens (tertiary/aromatic N) is 4. The van der Waals surface area contributed by atoms with Gasteiger partial charge in [0.05, 0.1) is 6.42 Å². The minimum absolute atomic E-state index is 0.0759. The van der Waals surface area contributed by atoms with Gasteiger partial charge in [-0.15, -0.1) is 0 Å². The maximum atomic E-state index is 11.8. The zero-order chi connectivity index (χ0) is 12.3. The Morgan fingerprint density at radius 3 is 2.94 bits per heavy atom. The lowest BCUT2D eigenvalue weighted by atomic mass is 10.2. The molecule has 90 valence electrons. The molecule has 2 rings (SSSR count). The van der Waals surface area contributed by atoms with Crippen LogP contribution in [0.1, 0.15) is 30.3 Å². The average molecular weight is 233 g/mol. The van der Waals surface area contributed by atoms with Crippen LogP contribution in [0.5, 0.6) is 0 Å². The molecule has 0 radical (unpaired) electrons. The molecule has 0 spiro atoms. The Morgan fingerprint density at radius 1 is 1.47 bits per heavy atom. The smallest absolute Gasteiger partial charge is 0.205 e. The number of Topliss-reactive ketones (excluding diaryl/α,β-unsaturated/α-hetero) is 1. The Kier molecular flexibility index (Phi) is 3.32. The lowest BCUT2D eigenvalue weighted by Gasteiger charge is -2.07. The van der Waals surface area contributed by atoms with E-state index in [0.717, 1.165) is 6.54 Å². The Balaban J connectivity index is 2.08. The number of hydrogen-bond donors (Lipinski definition) is 1. The summed E-state index contributed by atoms with van der Waals surface area (Å²) in [5.74, 6) is 1.44. The lowest BCUT2D eigenvalue weighted by molar-refractivity contribution is 0.0980. The molecule has 1 N–H and O–H groups in total. The minimum Gasteiger partial charge on any atom is -0.342 e. The van der Waals surface area contributed by atoms with Crippen LogP contribution < -0.4 is 0 Å². The monoisotopic (exact) mass is 233 g/mol. The fraction of sp³-hybridized carbons (Fsp3) is 0.455. The maximum Gasteiger partial charge on any atom is 0.205 e. The minimum atomic E-state index is -0.0759. The third-order valence-electron chi connectivity index (χ3n) is 2.31. The highest BCUT2D eigenvalue weighted by Crippen LogP contribution is 2.04. The van der Waals surface area contributed by atoms with Crippen LogP contribution in [0.25, 0.3) is 0 Å². The second kappa shape index (κ2) is 4.90. The van der Waals surface area contributed by atoms with Crippen molar-refractivity contribution in [3.8, 4) is 0 Å². The standard InChI is InChI=1S/C11H15N5O/c1-8(2)6-16-10(14-7-15-16)5-9(17)11-12-3-4-13-11/h3-4,7-8H,5-6H2,1-2H3,(H,12,13). The number of carbonyl (C=O) groups is 1. The van der Waals surface area contributed by atoms with Crippen LogP contribution >= 0.6 is 0 Å². The molecule has 0 saturated heterocycles. The molecule has 2 aromatic heterocycles. The van der Waals surface area contributed by atoms with Crippen LogP contribution in [0, 0.1) is 5.92 Å². The van der Waals surface area contributed by atoms with E-state index in [4.69, 9.17) is 0 Å². The molecule has 2 heterocycles. The lowest BCUT2D eigenvalue weighted by Crippen LogP contribution is -2.15. The molecule has 0 unspecified atom stereocenters. The first-order valence-electron chi connectivity index (χ1n) is 5.56. The summed E-state index contributed by atoms with van der Waals surface area (Å²) < 4.78 is 1.77. The summed E-state index contributed by atoms with van der Waals surface area (Å²) in [5.41, 5.74) is 0. The molecule has 0 aliphatic carbocycles. The maximum absolute atomic E-state index is 11.8. The van der Waals surface area contributed by atoms with Gasteiger partial charge in [-0.25, -0.2) is 14.6 Å². The van der Waals surface area contributed by atoms with E-state index in [1.165, 1.54) is 6.33 Å². The van der Waals surface area contributed by atoms with Gasteiger partial charge in [0.25, 0.3) is 0 Å². The molecule has 0 saturated carbocycles. The molecular formula is C11H15N5O. The van der Waals surface area contributed by atoms with Crippen LogP contribution in [-0.2, 0) is 13.0 Å². The van der Waals surface area contributed by atoms with Gasteiger partial charge < -0.3 is 4.98 Å². The van der Waals surface area contributed by atoms with Gasteiger partial charge in [-0.2, -0.15) is 5.10 Å². The molecule has 0 bridgehead atoms. The third kappa shape index (κ3) is 2.77. The van der Waals surface area contributed by atoms with E-state index in [0.29, 0.717) is 17.6 Å². The van der Waals surface area contributed by atoms with Gasteiger partial charge in [0.1, 0.15) is 12.2 Å². The molecule has 0 aliphatic heterocycles. The van der Waals surface area contributed by atoms with Gasteiger partial charge in [0, 0.05) is 18.9 Å². The molecule has 0 aliphatic rings. The summed E-state index contributed by atoms with van der Waals surface area (Å²) in [7, 11) is 0. The van der Waals surface area contributed by atoms with E-state index in [1.807, 2.05) is 0 Å². The highest BCUT2D eigenvalue weighted by atomic mass is 16.1. The predicted octanol–water partition coefficient (Wildman–Crippen LogP) is 1.08. The molecular weight excluding hydrogens is 218 g/mol. The molecule has 0 fully saturated rings. The van der Waals surface area contributed by atoms with Gasteiger partial charge in [-0.1, -0.05) is 13.8 Å². The topological polar surface area (TPSA) is 76.5 Å². The van der Waals surface area contributed by atoms with Crippen molar-refractivity contribution in [1.29, 1.82) is 0 Å². The number of ketones is 1. The highest BCUT2D eigenvalue weighted by Gasteiger charge is 2.14. The number of aromatic amines is 1. The number of carbonyl (C=O) groups excluding carboxylic acids is 1. The Hall–Kier alpha value is -1.98. The fourth-order valence-electron chi connectivity index (χ4n) is 1.57. The molecule has 2 aromatic rings. The quantitative estimate of drug-likeness (QED) is 0.784. The second-order valence-electron chi connectivity index (χ2n) is 4.29. The van der Waals surface area contributed by atoms with Gasteiger partial charge in [-0.3, -0.25) is 4.79 Å². The average Bonchev–Trinajstić information content (AvgIpc) is 2.89. The predicted molar refractivity (Wildman–Crippen MR) is 61.5 cm³/mol. The van der Waals surface area contributed by atoms with E-state index in [-0.39, 0.29) is 12.2 Å². The number of aromatic nitrogens is 5. The first-order valence-corrected chi connectivity index (χ1v) is 5.56. The molecule has 6 nitrogen and oxygen atoms in total. The summed E-state index contributed by atoms with van der Waals surface area (Å²) in [6.45, 7) is 4.96. The van der Waals surface area contributed by atoms with E-state index >= 15 is 0 Å². The molecule has 0 atom stereocenters. The number of H-pyrrole nitrogens is 1. The zero-order valence-corrected chi connectivity index (χ0v) is 9.92.